The number of piperazine rings is 1. The summed E-state index contributed by atoms with van der Waals surface area (Å²) < 4.78 is 5.75. The van der Waals surface area contributed by atoms with Gasteiger partial charge in [0.1, 0.15) is 5.75 Å². The van der Waals surface area contributed by atoms with E-state index in [1.54, 1.807) is 0 Å². The summed E-state index contributed by atoms with van der Waals surface area (Å²) in [5.74, 6) is 0.819. The van der Waals surface area contributed by atoms with E-state index < -0.39 is 6.10 Å². The Morgan fingerprint density at radius 1 is 1.53 bits per heavy atom. The molecule has 19 heavy (non-hydrogen) atoms. The predicted octanol–water partition coefficient (Wildman–Crippen LogP) is 1.58. The highest BCUT2D eigenvalue weighted by Gasteiger charge is 2.27. The van der Waals surface area contributed by atoms with E-state index in [9.17, 15) is 4.79 Å². The fraction of sp³-hybridized carbons (Fsp3) is 0.533. The Balaban J connectivity index is 1.99. The van der Waals surface area contributed by atoms with Crippen molar-refractivity contribution in [3.63, 3.8) is 0 Å². The van der Waals surface area contributed by atoms with Crippen LogP contribution in [0.4, 0.5) is 0 Å². The summed E-state index contributed by atoms with van der Waals surface area (Å²) in [6, 6.07) is 8.01. The van der Waals surface area contributed by atoms with Crippen molar-refractivity contribution >= 4 is 5.91 Å². The Kier molecular flexibility index (Phi) is 4.43. The third kappa shape index (κ3) is 3.47. The number of amides is 1. The van der Waals surface area contributed by atoms with Gasteiger partial charge in [-0.2, -0.15) is 0 Å². The number of ether oxygens (including phenoxy) is 1. The number of carbonyl (C=O) groups excluding carboxylic acids is 1. The minimum atomic E-state index is -0.442. The van der Waals surface area contributed by atoms with E-state index in [2.05, 4.69) is 12.2 Å². The van der Waals surface area contributed by atoms with Crippen LogP contribution in [0.3, 0.4) is 0 Å². The maximum Gasteiger partial charge on any atom is 0.263 e. The Morgan fingerprint density at radius 2 is 2.32 bits per heavy atom. The van der Waals surface area contributed by atoms with Crippen LogP contribution in [0, 0.1) is 6.92 Å². The average Bonchev–Trinajstić information content (AvgIpc) is 2.38. The van der Waals surface area contributed by atoms with Gasteiger partial charge in [0.2, 0.25) is 0 Å². The molecule has 1 aliphatic heterocycles. The number of nitrogens with one attached hydrogen (secondary N) is 1. The zero-order valence-electron chi connectivity index (χ0n) is 11.8. The van der Waals surface area contributed by atoms with Gasteiger partial charge >= 0.3 is 0 Å². The minimum absolute atomic E-state index is 0.0653. The Hall–Kier alpha value is -1.55. The lowest BCUT2D eigenvalue weighted by atomic mass is 10.2. The number of aryl methyl sites for hydroxylation is 1. The second kappa shape index (κ2) is 6.06. The summed E-state index contributed by atoms with van der Waals surface area (Å²) in [7, 11) is 0. The molecule has 0 aromatic heterocycles. The monoisotopic (exact) mass is 262 g/mol. The summed E-state index contributed by atoms with van der Waals surface area (Å²) in [6.45, 7) is 8.35. The summed E-state index contributed by atoms with van der Waals surface area (Å²) in [4.78, 5) is 14.3. The van der Waals surface area contributed by atoms with E-state index in [1.165, 1.54) is 0 Å². The van der Waals surface area contributed by atoms with Crippen LogP contribution in [0.25, 0.3) is 0 Å². The molecule has 1 saturated heterocycles. The largest absolute Gasteiger partial charge is 0.481 e. The first-order valence-electron chi connectivity index (χ1n) is 6.82. The Morgan fingerprint density at radius 3 is 3.00 bits per heavy atom. The molecule has 0 spiro atoms. The van der Waals surface area contributed by atoms with Gasteiger partial charge in [0.25, 0.3) is 5.91 Å². The number of rotatable bonds is 3. The third-order valence-corrected chi connectivity index (χ3v) is 3.43. The van der Waals surface area contributed by atoms with Crippen molar-refractivity contribution in [2.45, 2.75) is 32.9 Å². The lowest BCUT2D eigenvalue weighted by Crippen LogP contribution is -2.55. The molecular weight excluding hydrogens is 240 g/mol. The highest BCUT2D eigenvalue weighted by molar-refractivity contribution is 5.81. The normalized spacial score (nSPS) is 21.0. The topological polar surface area (TPSA) is 41.6 Å². The van der Waals surface area contributed by atoms with Crippen molar-refractivity contribution in [3.05, 3.63) is 29.8 Å². The highest BCUT2D eigenvalue weighted by Crippen LogP contribution is 2.16. The van der Waals surface area contributed by atoms with Crippen molar-refractivity contribution in [1.29, 1.82) is 0 Å². The summed E-state index contributed by atoms with van der Waals surface area (Å²) in [5.41, 5.74) is 1.13. The van der Waals surface area contributed by atoms with Crippen molar-refractivity contribution in [2.75, 3.05) is 19.6 Å². The van der Waals surface area contributed by atoms with Gasteiger partial charge in [0, 0.05) is 25.7 Å². The number of benzene rings is 1. The maximum atomic E-state index is 12.4. The second-order valence-corrected chi connectivity index (χ2v) is 5.16. The molecule has 1 aromatic rings. The number of hydrogen-bond acceptors (Lipinski definition) is 3. The van der Waals surface area contributed by atoms with Crippen LogP contribution in [0.1, 0.15) is 19.4 Å². The standard InChI is InChI=1S/C15H22N2O2/c1-11-5-4-6-14(9-11)19-13(3)15(18)17-8-7-16-10-12(17)2/h4-6,9,12-13,16H,7-8,10H2,1-3H3/t12-,13?/m1/s1. The number of carbonyl (C=O) groups is 1. The molecule has 0 bridgehead atoms. The molecule has 4 heteroatoms. The van der Waals surface area contributed by atoms with Gasteiger partial charge in [0.05, 0.1) is 0 Å². The van der Waals surface area contributed by atoms with Crippen LogP contribution in [0.15, 0.2) is 24.3 Å². The first-order chi connectivity index (χ1) is 9.08. The van der Waals surface area contributed by atoms with Gasteiger partial charge in [-0.1, -0.05) is 12.1 Å². The van der Waals surface area contributed by atoms with Gasteiger partial charge in [-0.15, -0.1) is 0 Å². The third-order valence-electron chi connectivity index (χ3n) is 3.43. The summed E-state index contributed by atoms with van der Waals surface area (Å²) >= 11 is 0. The van der Waals surface area contributed by atoms with Gasteiger partial charge in [-0.3, -0.25) is 4.79 Å². The summed E-state index contributed by atoms with van der Waals surface area (Å²) in [6.07, 6.45) is -0.442. The Bertz CT molecular complexity index is 448. The fourth-order valence-corrected chi connectivity index (χ4v) is 2.35. The zero-order valence-corrected chi connectivity index (χ0v) is 11.8. The molecular formula is C15H22N2O2. The molecule has 104 valence electrons. The van der Waals surface area contributed by atoms with E-state index in [0.29, 0.717) is 0 Å². The van der Waals surface area contributed by atoms with E-state index in [4.69, 9.17) is 4.74 Å². The van der Waals surface area contributed by atoms with Crippen LogP contribution in [-0.2, 0) is 4.79 Å². The molecule has 1 N–H and O–H groups in total. The van der Waals surface area contributed by atoms with Crippen LogP contribution >= 0.6 is 0 Å². The molecule has 1 amide bonds. The average molecular weight is 262 g/mol. The number of hydrogen-bond donors (Lipinski definition) is 1. The first kappa shape index (κ1) is 13.9. The minimum Gasteiger partial charge on any atom is -0.481 e. The van der Waals surface area contributed by atoms with Crippen LogP contribution in [-0.4, -0.2) is 42.6 Å². The van der Waals surface area contributed by atoms with Gasteiger partial charge in [0.15, 0.2) is 6.10 Å². The van der Waals surface area contributed by atoms with Gasteiger partial charge in [-0.05, 0) is 38.5 Å². The van der Waals surface area contributed by atoms with Crippen molar-refractivity contribution in [3.8, 4) is 5.75 Å². The molecule has 2 rings (SSSR count). The van der Waals surface area contributed by atoms with Crippen molar-refractivity contribution in [2.24, 2.45) is 0 Å². The molecule has 2 atom stereocenters. The molecule has 1 unspecified atom stereocenters. The molecule has 0 aliphatic carbocycles. The molecule has 4 nitrogen and oxygen atoms in total. The molecule has 1 fully saturated rings. The van der Waals surface area contributed by atoms with Crippen LogP contribution in [0.2, 0.25) is 0 Å². The Labute approximate surface area is 114 Å². The van der Waals surface area contributed by atoms with Crippen molar-refractivity contribution < 1.29 is 9.53 Å². The van der Waals surface area contributed by atoms with E-state index in [0.717, 1.165) is 30.9 Å². The maximum absolute atomic E-state index is 12.4. The second-order valence-electron chi connectivity index (χ2n) is 5.16. The quantitative estimate of drug-likeness (QED) is 0.899. The van der Waals surface area contributed by atoms with Crippen LogP contribution < -0.4 is 10.1 Å². The fourth-order valence-electron chi connectivity index (χ4n) is 2.35. The lowest BCUT2D eigenvalue weighted by molar-refractivity contribution is -0.140. The molecule has 0 radical (unpaired) electrons. The SMILES string of the molecule is Cc1cccc(OC(C)C(=O)N2CCNC[C@H]2C)c1. The smallest absolute Gasteiger partial charge is 0.263 e. The van der Waals surface area contributed by atoms with E-state index in [1.807, 2.05) is 43.0 Å². The van der Waals surface area contributed by atoms with E-state index in [-0.39, 0.29) is 11.9 Å². The number of nitrogens with zero attached hydrogens (tertiary/aromatic N) is 1. The first-order valence-corrected chi connectivity index (χ1v) is 6.82. The highest BCUT2D eigenvalue weighted by atomic mass is 16.5. The molecule has 1 aliphatic rings. The zero-order chi connectivity index (χ0) is 13.8. The lowest BCUT2D eigenvalue weighted by Gasteiger charge is -2.35. The van der Waals surface area contributed by atoms with Gasteiger partial charge in [-0.25, -0.2) is 0 Å². The predicted molar refractivity (Wildman–Crippen MR) is 75.3 cm³/mol. The van der Waals surface area contributed by atoms with E-state index >= 15 is 0 Å². The van der Waals surface area contributed by atoms with Gasteiger partial charge < -0.3 is 15.0 Å². The summed E-state index contributed by atoms with van der Waals surface area (Å²) in [5, 5.41) is 3.28. The van der Waals surface area contributed by atoms with Crippen molar-refractivity contribution in [1.82, 2.24) is 10.2 Å². The molecule has 1 heterocycles. The molecule has 1 aromatic carbocycles. The van der Waals surface area contributed by atoms with Crippen LogP contribution in [0.5, 0.6) is 5.75 Å². The molecule has 0 saturated carbocycles.